The number of carboxylic acids is 1. The lowest BCUT2D eigenvalue weighted by Crippen LogP contribution is -2.37. The van der Waals surface area contributed by atoms with Crippen LogP contribution in [-0.2, 0) is 4.79 Å². The Morgan fingerprint density at radius 3 is 2.60 bits per heavy atom. The van der Waals surface area contributed by atoms with Gasteiger partial charge in [-0.3, -0.25) is 4.79 Å². The summed E-state index contributed by atoms with van der Waals surface area (Å²) >= 11 is 0. The molecule has 6 nitrogen and oxygen atoms in total. The minimum Gasteiger partial charge on any atom is -0.493 e. The molecule has 0 radical (unpaired) electrons. The first-order chi connectivity index (χ1) is 9.51. The summed E-state index contributed by atoms with van der Waals surface area (Å²) in [5.74, 6) is -0.644. The number of benzene rings is 1. The van der Waals surface area contributed by atoms with E-state index in [1.807, 2.05) is 0 Å². The zero-order chi connectivity index (χ0) is 14.7. The summed E-state index contributed by atoms with van der Waals surface area (Å²) in [6.45, 7) is 1.62. The number of hydrogen-bond acceptors (Lipinski definition) is 4. The second-order valence-electron chi connectivity index (χ2n) is 4.71. The van der Waals surface area contributed by atoms with E-state index in [0.717, 1.165) is 12.8 Å². The fourth-order valence-corrected chi connectivity index (χ4v) is 1.69. The lowest BCUT2D eigenvalue weighted by atomic mass is 10.2. The maximum atomic E-state index is 11.8. The highest BCUT2D eigenvalue weighted by molar-refractivity contribution is 5.88. The van der Waals surface area contributed by atoms with Gasteiger partial charge in [-0.2, -0.15) is 0 Å². The molecule has 0 aliphatic heterocycles. The van der Waals surface area contributed by atoms with Crippen LogP contribution >= 0.6 is 0 Å². The smallest absolute Gasteiger partial charge is 0.335 e. The number of ether oxygens (including phenoxy) is 2. The molecular weight excluding hydrogens is 262 g/mol. The Balaban J connectivity index is 2.11. The maximum absolute atomic E-state index is 11.8. The summed E-state index contributed by atoms with van der Waals surface area (Å²) in [6.07, 6.45) is 1.28. The van der Waals surface area contributed by atoms with Crippen LogP contribution in [0, 0.1) is 0 Å². The number of rotatable bonds is 6. The van der Waals surface area contributed by atoms with Gasteiger partial charge in [0.1, 0.15) is 0 Å². The van der Waals surface area contributed by atoms with Crippen LogP contribution in [0.5, 0.6) is 11.5 Å². The molecular formula is C14H17NO5. The average molecular weight is 279 g/mol. The number of aromatic carboxylic acids is 1. The predicted molar refractivity (Wildman–Crippen MR) is 71.2 cm³/mol. The molecule has 1 aromatic carbocycles. The van der Waals surface area contributed by atoms with Crippen LogP contribution in [-0.4, -0.2) is 36.2 Å². The van der Waals surface area contributed by atoms with Crippen molar-refractivity contribution in [1.29, 1.82) is 0 Å². The number of hydrogen-bond donors (Lipinski definition) is 2. The van der Waals surface area contributed by atoms with Gasteiger partial charge in [-0.15, -0.1) is 0 Å². The van der Waals surface area contributed by atoms with Crippen molar-refractivity contribution in [2.24, 2.45) is 0 Å². The van der Waals surface area contributed by atoms with Crippen LogP contribution in [0.25, 0.3) is 0 Å². The minimum atomic E-state index is -1.06. The van der Waals surface area contributed by atoms with Gasteiger partial charge in [0.05, 0.1) is 12.7 Å². The van der Waals surface area contributed by atoms with Crippen LogP contribution in [0.1, 0.15) is 30.1 Å². The Hall–Kier alpha value is -2.24. The summed E-state index contributed by atoms with van der Waals surface area (Å²) in [7, 11) is 1.46. The summed E-state index contributed by atoms with van der Waals surface area (Å²) < 4.78 is 10.6. The van der Waals surface area contributed by atoms with Crippen molar-refractivity contribution >= 4 is 11.9 Å². The van der Waals surface area contributed by atoms with E-state index >= 15 is 0 Å². The van der Waals surface area contributed by atoms with Gasteiger partial charge in [0.25, 0.3) is 5.91 Å². The molecule has 2 N–H and O–H groups in total. The van der Waals surface area contributed by atoms with E-state index in [2.05, 4.69) is 5.32 Å². The molecule has 1 aliphatic carbocycles. The Morgan fingerprint density at radius 2 is 2.05 bits per heavy atom. The van der Waals surface area contributed by atoms with Crippen molar-refractivity contribution in [3.63, 3.8) is 0 Å². The van der Waals surface area contributed by atoms with Crippen LogP contribution in [0.4, 0.5) is 0 Å². The van der Waals surface area contributed by atoms with Crippen molar-refractivity contribution in [3.8, 4) is 11.5 Å². The monoisotopic (exact) mass is 279 g/mol. The Labute approximate surface area is 116 Å². The minimum absolute atomic E-state index is 0.0793. The van der Waals surface area contributed by atoms with E-state index in [1.54, 1.807) is 6.92 Å². The normalized spacial score (nSPS) is 15.3. The fraction of sp³-hybridized carbons (Fsp3) is 0.429. The molecule has 0 bridgehead atoms. The largest absolute Gasteiger partial charge is 0.493 e. The molecule has 0 saturated heterocycles. The lowest BCUT2D eigenvalue weighted by Gasteiger charge is -2.17. The van der Waals surface area contributed by atoms with Gasteiger partial charge in [-0.1, -0.05) is 0 Å². The molecule has 1 atom stereocenters. The number of carbonyl (C=O) groups excluding carboxylic acids is 1. The SMILES string of the molecule is COc1ccc(C(=O)O)cc1OC(C)C(=O)NC1CC1. The molecule has 1 fully saturated rings. The summed E-state index contributed by atoms with van der Waals surface area (Å²) in [5, 5.41) is 11.8. The van der Waals surface area contributed by atoms with Crippen molar-refractivity contribution in [1.82, 2.24) is 5.32 Å². The van der Waals surface area contributed by atoms with Crippen LogP contribution in [0.15, 0.2) is 18.2 Å². The number of carboxylic acid groups (broad SMARTS) is 1. The standard InChI is InChI=1S/C14H17NO5/c1-8(13(16)15-10-4-5-10)20-12-7-9(14(17)18)3-6-11(12)19-2/h3,6-8,10H,4-5H2,1-2H3,(H,15,16)(H,17,18). The highest BCUT2D eigenvalue weighted by Gasteiger charge is 2.27. The van der Waals surface area contributed by atoms with Crippen molar-refractivity contribution in [2.75, 3.05) is 7.11 Å². The molecule has 2 rings (SSSR count). The zero-order valence-corrected chi connectivity index (χ0v) is 11.4. The molecule has 1 aliphatic rings. The molecule has 0 heterocycles. The highest BCUT2D eigenvalue weighted by Crippen LogP contribution is 2.29. The van der Waals surface area contributed by atoms with Gasteiger partial charge in [-0.25, -0.2) is 4.79 Å². The first-order valence-electron chi connectivity index (χ1n) is 6.39. The summed E-state index contributed by atoms with van der Waals surface area (Å²) in [6, 6.07) is 4.52. The van der Waals surface area contributed by atoms with Gasteiger partial charge in [0.15, 0.2) is 17.6 Å². The number of amides is 1. The third kappa shape index (κ3) is 3.40. The number of nitrogens with one attached hydrogen (secondary N) is 1. The molecule has 20 heavy (non-hydrogen) atoms. The first kappa shape index (κ1) is 14.2. The van der Waals surface area contributed by atoms with E-state index in [-0.39, 0.29) is 23.3 Å². The summed E-state index contributed by atoms with van der Waals surface area (Å²) in [4.78, 5) is 22.8. The Bertz CT molecular complexity index is 524. The molecule has 6 heteroatoms. The lowest BCUT2D eigenvalue weighted by molar-refractivity contribution is -0.127. The van der Waals surface area contributed by atoms with E-state index in [1.165, 1.54) is 25.3 Å². The van der Waals surface area contributed by atoms with E-state index in [4.69, 9.17) is 14.6 Å². The van der Waals surface area contributed by atoms with Crippen LogP contribution in [0.3, 0.4) is 0 Å². The van der Waals surface area contributed by atoms with Crippen molar-refractivity contribution < 1.29 is 24.2 Å². The second kappa shape index (κ2) is 5.81. The second-order valence-corrected chi connectivity index (χ2v) is 4.71. The highest BCUT2D eigenvalue weighted by atomic mass is 16.5. The fourth-order valence-electron chi connectivity index (χ4n) is 1.69. The zero-order valence-electron chi connectivity index (χ0n) is 11.4. The van der Waals surface area contributed by atoms with Gasteiger partial charge in [-0.05, 0) is 38.0 Å². The Morgan fingerprint density at radius 1 is 1.35 bits per heavy atom. The molecule has 1 unspecified atom stereocenters. The average Bonchev–Trinajstić information content (AvgIpc) is 3.22. The van der Waals surface area contributed by atoms with Crippen LogP contribution in [0.2, 0.25) is 0 Å². The molecule has 1 aromatic rings. The van der Waals surface area contributed by atoms with Gasteiger partial charge in [0.2, 0.25) is 0 Å². The van der Waals surface area contributed by atoms with Crippen LogP contribution < -0.4 is 14.8 Å². The Kier molecular flexibility index (Phi) is 4.12. The van der Waals surface area contributed by atoms with E-state index in [9.17, 15) is 9.59 Å². The number of carbonyl (C=O) groups is 2. The topological polar surface area (TPSA) is 84.9 Å². The van der Waals surface area contributed by atoms with Gasteiger partial charge in [0, 0.05) is 6.04 Å². The number of methoxy groups -OCH3 is 1. The molecule has 1 amide bonds. The van der Waals surface area contributed by atoms with Gasteiger partial charge < -0.3 is 19.9 Å². The van der Waals surface area contributed by atoms with E-state index in [0.29, 0.717) is 5.75 Å². The molecule has 108 valence electrons. The quantitative estimate of drug-likeness (QED) is 0.823. The maximum Gasteiger partial charge on any atom is 0.335 e. The van der Waals surface area contributed by atoms with Crippen molar-refractivity contribution in [3.05, 3.63) is 23.8 Å². The predicted octanol–water partition coefficient (Wildman–Crippen LogP) is 1.44. The molecule has 0 spiro atoms. The van der Waals surface area contributed by atoms with E-state index < -0.39 is 12.1 Å². The van der Waals surface area contributed by atoms with Crippen molar-refractivity contribution in [2.45, 2.75) is 31.9 Å². The first-order valence-corrected chi connectivity index (χ1v) is 6.39. The molecule has 1 saturated carbocycles. The molecule has 0 aromatic heterocycles. The third-order valence-electron chi connectivity index (χ3n) is 3.01. The third-order valence-corrected chi connectivity index (χ3v) is 3.01. The summed E-state index contributed by atoms with van der Waals surface area (Å²) in [5.41, 5.74) is 0.0793. The van der Waals surface area contributed by atoms with Gasteiger partial charge >= 0.3 is 5.97 Å².